The maximum absolute atomic E-state index is 11.3. The molecule has 114 valence electrons. The molecule has 0 heterocycles. The third-order valence-electron chi connectivity index (χ3n) is 2.64. The molecule has 0 aromatic heterocycles. The molecule has 1 atom stereocenters. The van der Waals surface area contributed by atoms with E-state index in [4.69, 9.17) is 0 Å². The molecule has 0 rings (SSSR count). The number of rotatable bonds is 10. The maximum Gasteiger partial charge on any atom is 0.323 e. The van der Waals surface area contributed by atoms with Gasteiger partial charge in [-0.3, -0.25) is 10.1 Å². The average Bonchev–Trinajstić information content (AvgIpc) is 2.20. The molecule has 0 aliphatic carbocycles. The minimum atomic E-state index is -2.90. The number of hydrogen-bond acceptors (Lipinski definition) is 5. The Morgan fingerprint density at radius 3 is 2.37 bits per heavy atom. The highest BCUT2D eigenvalue weighted by molar-refractivity contribution is 8.00. The lowest BCUT2D eigenvalue weighted by Crippen LogP contribution is -2.52. The Balaban J connectivity index is 3.98. The standard InChI is InChI=1S/C12H25NO4S2/c1-10(2)13-12(3,11(14)15)6-5-7-18-8-9-19(4,16)17/h10,13H,5-9H2,1-4H3,(H,14,15). The Kier molecular flexibility index (Phi) is 8.00. The first-order chi connectivity index (χ1) is 8.57. The fourth-order valence-corrected chi connectivity index (χ4v) is 3.95. The van der Waals surface area contributed by atoms with Gasteiger partial charge >= 0.3 is 5.97 Å². The van der Waals surface area contributed by atoms with Crippen molar-refractivity contribution < 1.29 is 18.3 Å². The average molecular weight is 311 g/mol. The van der Waals surface area contributed by atoms with Crippen LogP contribution in [0.2, 0.25) is 0 Å². The second-order valence-corrected chi connectivity index (χ2v) is 8.77. The molecule has 1 unspecified atom stereocenters. The molecule has 0 fully saturated rings. The van der Waals surface area contributed by atoms with Crippen LogP contribution in [-0.2, 0) is 14.6 Å². The molecule has 0 radical (unpaired) electrons. The lowest BCUT2D eigenvalue weighted by atomic mass is 9.95. The van der Waals surface area contributed by atoms with Gasteiger partial charge in [0.25, 0.3) is 0 Å². The molecule has 0 aliphatic heterocycles. The summed E-state index contributed by atoms with van der Waals surface area (Å²) in [5.41, 5.74) is -0.911. The SMILES string of the molecule is CC(C)NC(C)(CCCSCCS(C)(=O)=O)C(=O)O. The van der Waals surface area contributed by atoms with Crippen molar-refractivity contribution >= 4 is 27.6 Å². The fourth-order valence-electron chi connectivity index (χ4n) is 1.72. The molecule has 0 spiro atoms. The summed E-state index contributed by atoms with van der Waals surface area (Å²) in [5, 5.41) is 12.3. The maximum atomic E-state index is 11.3. The number of carboxylic acids is 1. The number of sulfone groups is 1. The van der Waals surface area contributed by atoms with E-state index >= 15 is 0 Å². The van der Waals surface area contributed by atoms with E-state index in [0.717, 1.165) is 12.2 Å². The summed E-state index contributed by atoms with van der Waals surface area (Å²) in [7, 11) is -2.90. The minimum Gasteiger partial charge on any atom is -0.480 e. The predicted molar refractivity (Wildman–Crippen MR) is 80.6 cm³/mol. The largest absolute Gasteiger partial charge is 0.480 e. The van der Waals surface area contributed by atoms with Crippen molar-refractivity contribution in [3.05, 3.63) is 0 Å². The van der Waals surface area contributed by atoms with Gasteiger partial charge in [-0.15, -0.1) is 0 Å². The Hall–Kier alpha value is -0.270. The van der Waals surface area contributed by atoms with Crippen LogP contribution >= 0.6 is 11.8 Å². The zero-order valence-electron chi connectivity index (χ0n) is 12.1. The first kappa shape index (κ1) is 18.7. The zero-order valence-corrected chi connectivity index (χ0v) is 13.7. The van der Waals surface area contributed by atoms with Gasteiger partial charge < -0.3 is 5.11 Å². The lowest BCUT2D eigenvalue weighted by Gasteiger charge is -2.28. The van der Waals surface area contributed by atoms with Gasteiger partial charge in [0.05, 0.1) is 5.75 Å². The second kappa shape index (κ2) is 8.11. The summed E-state index contributed by atoms with van der Waals surface area (Å²) in [4.78, 5) is 11.3. The molecule has 5 nitrogen and oxygen atoms in total. The number of aliphatic carboxylic acids is 1. The van der Waals surface area contributed by atoms with E-state index < -0.39 is 21.3 Å². The van der Waals surface area contributed by atoms with Crippen molar-refractivity contribution in [3.63, 3.8) is 0 Å². The van der Waals surface area contributed by atoms with Gasteiger partial charge in [-0.05, 0) is 39.4 Å². The van der Waals surface area contributed by atoms with Crippen LogP contribution in [0.4, 0.5) is 0 Å². The molecule has 0 amide bonds. The van der Waals surface area contributed by atoms with Crippen LogP contribution in [0.3, 0.4) is 0 Å². The van der Waals surface area contributed by atoms with Gasteiger partial charge in [0.1, 0.15) is 15.4 Å². The highest BCUT2D eigenvalue weighted by Gasteiger charge is 2.32. The molecule has 19 heavy (non-hydrogen) atoms. The number of nitrogens with one attached hydrogen (secondary N) is 1. The topological polar surface area (TPSA) is 83.5 Å². The molecule has 2 N–H and O–H groups in total. The highest BCUT2D eigenvalue weighted by Crippen LogP contribution is 2.16. The van der Waals surface area contributed by atoms with Gasteiger partial charge in [-0.2, -0.15) is 11.8 Å². The molecular formula is C12H25NO4S2. The zero-order chi connectivity index (χ0) is 15.1. The van der Waals surface area contributed by atoms with Crippen molar-refractivity contribution in [2.45, 2.75) is 45.2 Å². The van der Waals surface area contributed by atoms with Crippen LogP contribution < -0.4 is 5.32 Å². The van der Waals surface area contributed by atoms with Crippen LogP contribution in [-0.4, -0.2) is 54.6 Å². The van der Waals surface area contributed by atoms with Crippen LogP contribution in [0.15, 0.2) is 0 Å². The normalized spacial score (nSPS) is 15.4. The molecule has 0 aliphatic rings. The van der Waals surface area contributed by atoms with Crippen LogP contribution in [0, 0.1) is 0 Å². The van der Waals surface area contributed by atoms with Crippen molar-refractivity contribution in [2.75, 3.05) is 23.5 Å². The van der Waals surface area contributed by atoms with Crippen molar-refractivity contribution in [1.82, 2.24) is 5.32 Å². The monoisotopic (exact) mass is 311 g/mol. The van der Waals surface area contributed by atoms with Crippen LogP contribution in [0.25, 0.3) is 0 Å². The number of hydrogen-bond donors (Lipinski definition) is 2. The van der Waals surface area contributed by atoms with Gasteiger partial charge in [-0.1, -0.05) is 0 Å². The number of thioether (sulfide) groups is 1. The molecule has 0 saturated carbocycles. The van der Waals surface area contributed by atoms with E-state index in [1.54, 1.807) is 18.7 Å². The summed E-state index contributed by atoms with van der Waals surface area (Å²) in [5.74, 6) is 0.679. The minimum absolute atomic E-state index is 0.110. The van der Waals surface area contributed by atoms with Gasteiger partial charge in [0.15, 0.2) is 0 Å². The molecular weight excluding hydrogens is 286 g/mol. The lowest BCUT2D eigenvalue weighted by molar-refractivity contribution is -0.144. The Morgan fingerprint density at radius 2 is 1.95 bits per heavy atom. The Labute approximate surface area is 120 Å². The molecule has 0 aromatic rings. The first-order valence-electron chi connectivity index (χ1n) is 6.33. The number of carbonyl (C=O) groups is 1. The van der Waals surface area contributed by atoms with E-state index in [0.29, 0.717) is 12.2 Å². The van der Waals surface area contributed by atoms with Crippen LogP contribution in [0.1, 0.15) is 33.6 Å². The summed E-state index contributed by atoms with van der Waals surface area (Å²) in [6, 6.07) is 0.110. The second-order valence-electron chi connectivity index (χ2n) is 5.28. The fraction of sp³-hybridized carbons (Fsp3) is 0.917. The third-order valence-corrected chi connectivity index (χ3v) is 4.92. The quantitative estimate of drug-likeness (QED) is 0.593. The van der Waals surface area contributed by atoms with E-state index in [9.17, 15) is 18.3 Å². The first-order valence-corrected chi connectivity index (χ1v) is 9.55. The molecule has 7 heteroatoms. The summed E-state index contributed by atoms with van der Waals surface area (Å²) in [6.45, 7) is 5.53. The highest BCUT2D eigenvalue weighted by atomic mass is 32.2. The van der Waals surface area contributed by atoms with E-state index in [1.807, 2.05) is 13.8 Å². The summed E-state index contributed by atoms with van der Waals surface area (Å²) >= 11 is 1.55. The van der Waals surface area contributed by atoms with E-state index in [1.165, 1.54) is 6.26 Å². The Morgan fingerprint density at radius 1 is 1.37 bits per heavy atom. The third kappa shape index (κ3) is 9.29. The summed E-state index contributed by atoms with van der Waals surface area (Å²) in [6.07, 6.45) is 2.50. The van der Waals surface area contributed by atoms with E-state index in [-0.39, 0.29) is 11.8 Å². The smallest absolute Gasteiger partial charge is 0.323 e. The predicted octanol–water partition coefficient (Wildman–Crippen LogP) is 1.39. The summed E-state index contributed by atoms with van der Waals surface area (Å²) < 4.78 is 21.9. The van der Waals surface area contributed by atoms with Gasteiger partial charge in [0, 0.05) is 18.1 Å². The van der Waals surface area contributed by atoms with Crippen molar-refractivity contribution in [3.8, 4) is 0 Å². The van der Waals surface area contributed by atoms with Gasteiger partial charge in [-0.25, -0.2) is 8.42 Å². The molecule has 0 aromatic carbocycles. The molecule has 0 saturated heterocycles. The van der Waals surface area contributed by atoms with Crippen molar-refractivity contribution in [1.29, 1.82) is 0 Å². The van der Waals surface area contributed by atoms with Gasteiger partial charge in [0.2, 0.25) is 0 Å². The number of carboxylic acid groups (broad SMARTS) is 1. The van der Waals surface area contributed by atoms with E-state index in [2.05, 4.69) is 5.32 Å². The van der Waals surface area contributed by atoms with Crippen molar-refractivity contribution in [2.24, 2.45) is 0 Å². The Bertz CT molecular complexity index is 381. The molecule has 0 bridgehead atoms. The van der Waals surface area contributed by atoms with Crippen LogP contribution in [0.5, 0.6) is 0 Å².